The van der Waals surface area contributed by atoms with E-state index in [1.165, 1.54) is 19.2 Å². The van der Waals surface area contributed by atoms with Crippen molar-refractivity contribution in [1.82, 2.24) is 15.1 Å². The molecule has 1 N–H and O–H groups in total. The second kappa shape index (κ2) is 7.04. The summed E-state index contributed by atoms with van der Waals surface area (Å²) < 4.78 is 11.9. The zero-order chi connectivity index (χ0) is 16.1. The van der Waals surface area contributed by atoms with Gasteiger partial charge in [0.25, 0.3) is 11.5 Å². The van der Waals surface area contributed by atoms with Gasteiger partial charge in [-0.1, -0.05) is 6.92 Å². The Balaban J connectivity index is 2.17. The van der Waals surface area contributed by atoms with E-state index < -0.39 is 11.9 Å². The number of hydrogen-bond acceptors (Lipinski definition) is 5. The Hall–Kier alpha value is -2.41. The Morgan fingerprint density at radius 2 is 2.18 bits per heavy atom. The third-order valence-corrected chi connectivity index (χ3v) is 3.21. The Kier molecular flexibility index (Phi) is 5.11. The van der Waals surface area contributed by atoms with Crippen LogP contribution in [-0.4, -0.2) is 29.4 Å². The van der Waals surface area contributed by atoms with Crippen molar-refractivity contribution in [2.45, 2.75) is 19.4 Å². The third kappa shape index (κ3) is 3.62. The number of amides is 1. The van der Waals surface area contributed by atoms with Crippen molar-refractivity contribution in [1.29, 1.82) is 0 Å². The summed E-state index contributed by atoms with van der Waals surface area (Å²) in [6, 6.07) is 5.96. The summed E-state index contributed by atoms with van der Waals surface area (Å²) >= 11 is 0. The molecular formula is C15H19N3O4. The van der Waals surface area contributed by atoms with Crippen LogP contribution in [0.15, 0.2) is 33.5 Å². The van der Waals surface area contributed by atoms with Gasteiger partial charge >= 0.3 is 0 Å². The van der Waals surface area contributed by atoms with Gasteiger partial charge in [-0.25, -0.2) is 4.68 Å². The molecular weight excluding hydrogens is 286 g/mol. The summed E-state index contributed by atoms with van der Waals surface area (Å²) in [5, 5.41) is 6.72. The summed E-state index contributed by atoms with van der Waals surface area (Å²) in [5.74, 6) is 1.06. The Morgan fingerprint density at radius 3 is 2.77 bits per heavy atom. The second-order valence-electron chi connectivity index (χ2n) is 4.82. The maximum atomic E-state index is 12.3. The Labute approximate surface area is 127 Å². The predicted molar refractivity (Wildman–Crippen MR) is 79.6 cm³/mol. The minimum Gasteiger partial charge on any atom is -0.464 e. The normalized spacial score (nSPS) is 12.1. The van der Waals surface area contributed by atoms with E-state index in [4.69, 9.17) is 9.15 Å². The standard InChI is InChI=1S/C15H19N3O4/c1-4-10-5-7-13(22-10)12(9-21-3)16-15(20)11-6-8-14(19)18(2)17-11/h5-8,12H,4,9H2,1-3H3,(H,16,20). The lowest BCUT2D eigenvalue weighted by molar-refractivity contribution is 0.0875. The van der Waals surface area contributed by atoms with E-state index in [9.17, 15) is 9.59 Å². The molecule has 7 nitrogen and oxygen atoms in total. The molecule has 2 rings (SSSR count). The minimum absolute atomic E-state index is 0.158. The van der Waals surface area contributed by atoms with Gasteiger partial charge < -0.3 is 14.5 Å². The largest absolute Gasteiger partial charge is 0.464 e. The Bertz CT molecular complexity index is 705. The highest BCUT2D eigenvalue weighted by molar-refractivity contribution is 5.92. The lowest BCUT2D eigenvalue weighted by Gasteiger charge is -2.15. The molecule has 0 fully saturated rings. The van der Waals surface area contributed by atoms with Gasteiger partial charge in [0.05, 0.1) is 6.61 Å². The number of nitrogens with zero attached hydrogens (tertiary/aromatic N) is 2. The van der Waals surface area contributed by atoms with Crippen molar-refractivity contribution in [3.63, 3.8) is 0 Å². The maximum absolute atomic E-state index is 12.3. The zero-order valence-electron chi connectivity index (χ0n) is 12.8. The lowest BCUT2D eigenvalue weighted by Crippen LogP contribution is -2.33. The van der Waals surface area contributed by atoms with Crippen LogP contribution in [0.4, 0.5) is 0 Å². The molecule has 118 valence electrons. The minimum atomic E-state index is -0.420. The van der Waals surface area contributed by atoms with Gasteiger partial charge in [-0.2, -0.15) is 5.10 Å². The first-order valence-electron chi connectivity index (χ1n) is 6.98. The molecule has 1 unspecified atom stereocenters. The molecule has 0 radical (unpaired) electrons. The van der Waals surface area contributed by atoms with Crippen LogP contribution in [0, 0.1) is 0 Å². The monoisotopic (exact) mass is 305 g/mol. The number of nitrogens with one attached hydrogen (secondary N) is 1. The second-order valence-corrected chi connectivity index (χ2v) is 4.82. The van der Waals surface area contributed by atoms with Gasteiger partial charge in [0.15, 0.2) is 0 Å². The number of aryl methyl sites for hydroxylation is 2. The first-order valence-corrected chi connectivity index (χ1v) is 6.98. The van der Waals surface area contributed by atoms with Crippen molar-refractivity contribution < 1.29 is 13.9 Å². The van der Waals surface area contributed by atoms with Gasteiger partial charge in [-0.15, -0.1) is 0 Å². The van der Waals surface area contributed by atoms with Crippen molar-refractivity contribution in [2.75, 3.05) is 13.7 Å². The highest BCUT2D eigenvalue weighted by Gasteiger charge is 2.20. The van der Waals surface area contributed by atoms with Gasteiger partial charge in [0.1, 0.15) is 23.3 Å². The summed E-state index contributed by atoms with van der Waals surface area (Å²) in [5.41, 5.74) is -0.117. The number of methoxy groups -OCH3 is 1. The summed E-state index contributed by atoms with van der Waals surface area (Å²) in [4.78, 5) is 23.6. The summed E-state index contributed by atoms with van der Waals surface area (Å²) in [7, 11) is 3.04. The molecule has 0 saturated heterocycles. The molecule has 0 bridgehead atoms. The van der Waals surface area contributed by atoms with Crippen LogP contribution < -0.4 is 10.9 Å². The highest BCUT2D eigenvalue weighted by atomic mass is 16.5. The van der Waals surface area contributed by atoms with E-state index in [0.717, 1.165) is 16.9 Å². The molecule has 0 aromatic carbocycles. The number of rotatable bonds is 6. The molecule has 0 saturated carbocycles. The molecule has 1 amide bonds. The molecule has 0 aliphatic heterocycles. The number of hydrogen-bond donors (Lipinski definition) is 1. The van der Waals surface area contributed by atoms with Crippen molar-refractivity contribution >= 4 is 5.91 Å². The molecule has 2 aromatic rings. The Morgan fingerprint density at radius 1 is 1.41 bits per heavy atom. The third-order valence-electron chi connectivity index (χ3n) is 3.21. The van der Waals surface area contributed by atoms with Crippen LogP contribution in [0.2, 0.25) is 0 Å². The SMILES string of the molecule is CCc1ccc(C(COC)NC(=O)c2ccc(=O)n(C)n2)o1. The molecule has 0 spiro atoms. The number of carbonyl (C=O) groups is 1. The molecule has 22 heavy (non-hydrogen) atoms. The van der Waals surface area contributed by atoms with Gasteiger partial charge in [-0.05, 0) is 18.2 Å². The fourth-order valence-corrected chi connectivity index (χ4v) is 1.99. The topological polar surface area (TPSA) is 86.4 Å². The van der Waals surface area contributed by atoms with Crippen LogP contribution in [0.5, 0.6) is 0 Å². The predicted octanol–water partition coefficient (Wildman–Crippen LogP) is 1.05. The maximum Gasteiger partial charge on any atom is 0.272 e. The number of aromatic nitrogens is 2. The smallest absolute Gasteiger partial charge is 0.272 e. The van der Waals surface area contributed by atoms with Gasteiger partial charge in [-0.3, -0.25) is 9.59 Å². The summed E-state index contributed by atoms with van der Waals surface area (Å²) in [6.45, 7) is 2.26. The fraction of sp³-hybridized carbons (Fsp3) is 0.400. The molecule has 1 atom stereocenters. The average Bonchev–Trinajstić information content (AvgIpc) is 2.98. The number of carbonyl (C=O) groups excluding carboxylic acids is 1. The highest BCUT2D eigenvalue weighted by Crippen LogP contribution is 2.18. The van der Waals surface area contributed by atoms with E-state index in [1.54, 1.807) is 7.11 Å². The first-order chi connectivity index (χ1) is 10.5. The van der Waals surface area contributed by atoms with Crippen molar-refractivity contribution in [3.8, 4) is 0 Å². The fourth-order valence-electron chi connectivity index (χ4n) is 1.99. The van der Waals surface area contributed by atoms with Gasteiger partial charge in [0, 0.05) is 26.6 Å². The van der Waals surface area contributed by atoms with E-state index in [-0.39, 0.29) is 17.9 Å². The quantitative estimate of drug-likeness (QED) is 0.862. The van der Waals surface area contributed by atoms with E-state index >= 15 is 0 Å². The van der Waals surface area contributed by atoms with Crippen molar-refractivity contribution in [2.24, 2.45) is 7.05 Å². The van der Waals surface area contributed by atoms with Crippen LogP contribution in [0.3, 0.4) is 0 Å². The lowest BCUT2D eigenvalue weighted by atomic mass is 10.2. The van der Waals surface area contributed by atoms with E-state index in [1.807, 2.05) is 19.1 Å². The number of furan rings is 1. The van der Waals surface area contributed by atoms with E-state index in [2.05, 4.69) is 10.4 Å². The average molecular weight is 305 g/mol. The van der Waals surface area contributed by atoms with E-state index in [0.29, 0.717) is 5.76 Å². The number of ether oxygens (including phenoxy) is 1. The molecule has 2 aromatic heterocycles. The van der Waals surface area contributed by atoms with Crippen LogP contribution in [0.1, 0.15) is 35.0 Å². The molecule has 2 heterocycles. The molecule has 7 heteroatoms. The van der Waals surface area contributed by atoms with Crippen LogP contribution in [-0.2, 0) is 18.2 Å². The summed E-state index contributed by atoms with van der Waals surface area (Å²) in [6.07, 6.45) is 0.774. The van der Waals surface area contributed by atoms with Crippen LogP contribution >= 0.6 is 0 Å². The van der Waals surface area contributed by atoms with Crippen molar-refractivity contribution in [3.05, 3.63) is 51.8 Å². The zero-order valence-corrected chi connectivity index (χ0v) is 12.8. The molecule has 0 aliphatic carbocycles. The van der Waals surface area contributed by atoms with Gasteiger partial charge in [0.2, 0.25) is 0 Å². The molecule has 0 aliphatic rings. The van der Waals surface area contributed by atoms with Crippen LogP contribution in [0.25, 0.3) is 0 Å². The first kappa shape index (κ1) is 16.0.